The molecule has 9 heteroatoms. The van der Waals surface area contributed by atoms with Gasteiger partial charge in [0.2, 0.25) is 0 Å². The maximum absolute atomic E-state index is 12.9. The zero-order valence-electron chi connectivity index (χ0n) is 16.5. The van der Waals surface area contributed by atoms with E-state index in [1.807, 2.05) is 19.0 Å². The van der Waals surface area contributed by atoms with E-state index in [0.29, 0.717) is 47.9 Å². The largest absolute Gasteiger partial charge is 0.337 e. The Kier molecular flexibility index (Phi) is 7.03. The van der Waals surface area contributed by atoms with Gasteiger partial charge in [0.15, 0.2) is 0 Å². The van der Waals surface area contributed by atoms with Gasteiger partial charge in [-0.2, -0.15) is 4.31 Å². The van der Waals surface area contributed by atoms with Crippen LogP contribution >= 0.6 is 11.3 Å². The monoisotopic (exact) mass is 432 g/mol. The molecular weight excluding hydrogens is 408 g/mol. The Labute approximate surface area is 176 Å². The summed E-state index contributed by atoms with van der Waals surface area (Å²) < 4.78 is 27.3. The standard InChI is InChI=1S/C20H24N4O3S2/c1-22(2)8-3-6-17-14-18(16-21-15-17)20(25)23-9-5-10-24(12-11-23)29(26,27)19-7-4-13-28-19/h4,7,13-16H,5,8-12H2,1-2H3. The minimum atomic E-state index is -3.50. The number of hydrogen-bond donors (Lipinski definition) is 0. The van der Waals surface area contributed by atoms with Crippen molar-refractivity contribution in [1.29, 1.82) is 0 Å². The fourth-order valence-corrected chi connectivity index (χ4v) is 5.60. The molecule has 0 N–H and O–H groups in total. The van der Waals surface area contributed by atoms with Gasteiger partial charge in [-0.25, -0.2) is 8.42 Å². The molecule has 3 rings (SSSR count). The number of nitrogens with zero attached hydrogens (tertiary/aromatic N) is 4. The minimum Gasteiger partial charge on any atom is -0.337 e. The lowest BCUT2D eigenvalue weighted by molar-refractivity contribution is 0.0764. The Balaban J connectivity index is 1.69. The molecule has 1 saturated heterocycles. The van der Waals surface area contributed by atoms with Crippen LogP contribution in [0, 0.1) is 11.8 Å². The number of sulfonamides is 1. The number of aromatic nitrogens is 1. The predicted molar refractivity (Wildman–Crippen MR) is 113 cm³/mol. The predicted octanol–water partition coefficient (Wildman–Crippen LogP) is 1.59. The zero-order chi connectivity index (χ0) is 20.9. The van der Waals surface area contributed by atoms with Crippen LogP contribution in [0.1, 0.15) is 22.3 Å². The zero-order valence-corrected chi connectivity index (χ0v) is 18.2. The number of hydrogen-bond acceptors (Lipinski definition) is 6. The van der Waals surface area contributed by atoms with Crippen LogP contribution in [0.5, 0.6) is 0 Å². The molecule has 154 valence electrons. The molecule has 1 amide bonds. The first-order chi connectivity index (χ1) is 13.9. The van der Waals surface area contributed by atoms with Crippen LogP contribution in [-0.4, -0.2) is 80.2 Å². The summed E-state index contributed by atoms with van der Waals surface area (Å²) in [5, 5.41) is 1.75. The summed E-state index contributed by atoms with van der Waals surface area (Å²) in [5.74, 6) is 5.90. The van der Waals surface area contributed by atoms with Crippen LogP contribution < -0.4 is 0 Å². The normalized spacial score (nSPS) is 15.6. The number of carbonyl (C=O) groups excluding carboxylic acids is 1. The number of thiophene rings is 1. The van der Waals surface area contributed by atoms with E-state index < -0.39 is 10.0 Å². The van der Waals surface area contributed by atoms with Gasteiger partial charge in [-0.05, 0) is 38.0 Å². The Morgan fingerprint density at radius 3 is 2.79 bits per heavy atom. The Morgan fingerprint density at radius 1 is 1.24 bits per heavy atom. The molecule has 29 heavy (non-hydrogen) atoms. The third kappa shape index (κ3) is 5.42. The van der Waals surface area contributed by atoms with Crippen molar-refractivity contribution in [3.63, 3.8) is 0 Å². The molecule has 0 bridgehead atoms. The van der Waals surface area contributed by atoms with Gasteiger partial charge in [-0.1, -0.05) is 17.9 Å². The van der Waals surface area contributed by atoms with Crippen molar-refractivity contribution in [3.05, 3.63) is 47.1 Å². The van der Waals surface area contributed by atoms with Crippen LogP contribution in [0.25, 0.3) is 0 Å². The fourth-order valence-electron chi connectivity index (χ4n) is 2.98. The molecule has 1 aliphatic rings. The van der Waals surface area contributed by atoms with Crippen molar-refractivity contribution in [1.82, 2.24) is 19.1 Å². The smallest absolute Gasteiger partial charge is 0.255 e. The summed E-state index contributed by atoms with van der Waals surface area (Å²) in [7, 11) is 0.377. The van der Waals surface area contributed by atoms with E-state index in [0.717, 1.165) is 0 Å². The van der Waals surface area contributed by atoms with Gasteiger partial charge < -0.3 is 4.90 Å². The summed E-state index contributed by atoms with van der Waals surface area (Å²) in [5.41, 5.74) is 1.16. The number of pyridine rings is 1. The second-order valence-corrected chi connectivity index (χ2v) is 10.1. The highest BCUT2D eigenvalue weighted by Crippen LogP contribution is 2.22. The number of rotatable bonds is 4. The summed E-state index contributed by atoms with van der Waals surface area (Å²) in [6.45, 7) is 2.16. The lowest BCUT2D eigenvalue weighted by atomic mass is 10.2. The molecule has 2 aromatic heterocycles. The first-order valence-electron chi connectivity index (χ1n) is 9.29. The highest BCUT2D eigenvalue weighted by Gasteiger charge is 2.29. The Hall–Kier alpha value is -2.25. The van der Waals surface area contributed by atoms with Crippen molar-refractivity contribution in [2.45, 2.75) is 10.6 Å². The maximum atomic E-state index is 12.9. The lowest BCUT2D eigenvalue weighted by Crippen LogP contribution is -2.37. The molecule has 2 aromatic rings. The molecular formula is C20H24N4O3S2. The number of carbonyl (C=O) groups is 1. The third-order valence-electron chi connectivity index (χ3n) is 4.44. The highest BCUT2D eigenvalue weighted by atomic mass is 32.2. The molecule has 0 spiro atoms. The molecule has 3 heterocycles. The quantitative estimate of drug-likeness (QED) is 0.686. The van der Waals surface area contributed by atoms with Crippen LogP contribution in [0.3, 0.4) is 0 Å². The van der Waals surface area contributed by atoms with Gasteiger partial charge >= 0.3 is 0 Å². The molecule has 1 aliphatic heterocycles. The van der Waals surface area contributed by atoms with E-state index in [2.05, 4.69) is 16.8 Å². The fraction of sp³-hybridized carbons (Fsp3) is 0.400. The van der Waals surface area contributed by atoms with E-state index in [-0.39, 0.29) is 12.5 Å². The van der Waals surface area contributed by atoms with Crippen LogP contribution in [0.4, 0.5) is 0 Å². The van der Waals surface area contributed by atoms with Crippen LogP contribution in [0.2, 0.25) is 0 Å². The van der Waals surface area contributed by atoms with Crippen molar-refractivity contribution >= 4 is 27.3 Å². The second-order valence-electron chi connectivity index (χ2n) is 6.98. The van der Waals surface area contributed by atoms with Gasteiger partial charge in [-0.15, -0.1) is 11.3 Å². The molecule has 0 aliphatic carbocycles. The SMILES string of the molecule is CN(C)CC#Cc1cncc(C(=O)N2CCCN(S(=O)(=O)c3cccs3)CC2)c1. The highest BCUT2D eigenvalue weighted by molar-refractivity contribution is 7.91. The Morgan fingerprint density at radius 2 is 2.07 bits per heavy atom. The average Bonchev–Trinajstić information content (AvgIpc) is 3.13. The number of amides is 1. The van der Waals surface area contributed by atoms with Gasteiger partial charge in [0.25, 0.3) is 15.9 Å². The van der Waals surface area contributed by atoms with Gasteiger partial charge in [0.05, 0.1) is 12.1 Å². The molecule has 0 atom stereocenters. The minimum absolute atomic E-state index is 0.149. The molecule has 0 aromatic carbocycles. The molecule has 7 nitrogen and oxygen atoms in total. The lowest BCUT2D eigenvalue weighted by Gasteiger charge is -2.21. The summed E-state index contributed by atoms with van der Waals surface area (Å²) in [6.07, 6.45) is 3.76. The third-order valence-corrected chi connectivity index (χ3v) is 7.72. The first kappa shape index (κ1) is 21.5. The van der Waals surface area contributed by atoms with Crippen molar-refractivity contribution in [2.24, 2.45) is 0 Å². The summed E-state index contributed by atoms with van der Waals surface area (Å²) in [6, 6.07) is 5.08. The molecule has 0 unspecified atom stereocenters. The van der Waals surface area contributed by atoms with Crippen LogP contribution in [0.15, 0.2) is 40.2 Å². The maximum Gasteiger partial charge on any atom is 0.255 e. The topological polar surface area (TPSA) is 73.8 Å². The van der Waals surface area contributed by atoms with E-state index in [1.54, 1.807) is 34.7 Å². The van der Waals surface area contributed by atoms with Crippen molar-refractivity contribution < 1.29 is 13.2 Å². The molecule has 0 saturated carbocycles. The molecule has 0 radical (unpaired) electrons. The first-order valence-corrected chi connectivity index (χ1v) is 11.6. The molecule has 1 fully saturated rings. The van der Waals surface area contributed by atoms with Gasteiger partial charge in [0.1, 0.15) is 4.21 Å². The van der Waals surface area contributed by atoms with E-state index >= 15 is 0 Å². The van der Waals surface area contributed by atoms with Gasteiger partial charge in [0, 0.05) is 44.1 Å². The Bertz CT molecular complexity index is 1010. The van der Waals surface area contributed by atoms with E-state index in [4.69, 9.17) is 0 Å². The van der Waals surface area contributed by atoms with Crippen molar-refractivity contribution in [3.8, 4) is 11.8 Å². The average molecular weight is 433 g/mol. The summed E-state index contributed by atoms with van der Waals surface area (Å²) in [4.78, 5) is 20.7. The van der Waals surface area contributed by atoms with Crippen molar-refractivity contribution in [2.75, 3.05) is 46.8 Å². The van der Waals surface area contributed by atoms with Crippen LogP contribution in [-0.2, 0) is 10.0 Å². The van der Waals surface area contributed by atoms with Gasteiger partial charge in [-0.3, -0.25) is 14.7 Å². The van der Waals surface area contributed by atoms with E-state index in [1.165, 1.54) is 21.8 Å². The van der Waals surface area contributed by atoms with E-state index in [9.17, 15) is 13.2 Å². The second kappa shape index (κ2) is 9.50. The summed E-state index contributed by atoms with van der Waals surface area (Å²) >= 11 is 1.21.